The maximum atomic E-state index is 9.08. The lowest BCUT2D eigenvalue weighted by atomic mass is 9.94. The van der Waals surface area contributed by atoms with Gasteiger partial charge < -0.3 is 28.4 Å². The number of rotatable bonds is 9. The second-order valence-corrected chi connectivity index (χ2v) is 8.02. The SMILES string of the molecule is C=C1C[C@H](C[C@@H]2CCO[C@H](c3coc(CO)n3)O2)O[C@@H](CCO[B]PS)C1. The van der Waals surface area contributed by atoms with Gasteiger partial charge in [-0.1, -0.05) is 19.8 Å². The van der Waals surface area contributed by atoms with Crippen LogP contribution < -0.4 is 0 Å². The molecule has 0 aliphatic carbocycles. The monoisotopic (exact) mass is 414 g/mol. The van der Waals surface area contributed by atoms with E-state index in [1.807, 2.05) is 0 Å². The maximum absolute atomic E-state index is 9.08. The van der Waals surface area contributed by atoms with E-state index in [1.165, 1.54) is 11.8 Å². The predicted octanol–water partition coefficient (Wildman–Crippen LogP) is 2.93. The van der Waals surface area contributed by atoms with Crippen LogP contribution in [0, 0.1) is 0 Å². The van der Waals surface area contributed by atoms with E-state index in [4.69, 9.17) is 28.4 Å². The van der Waals surface area contributed by atoms with E-state index in [0.717, 1.165) is 32.1 Å². The van der Waals surface area contributed by atoms with Crippen molar-refractivity contribution in [3.05, 3.63) is 30.0 Å². The van der Waals surface area contributed by atoms with Crippen LogP contribution in [-0.4, -0.2) is 48.8 Å². The average molecular weight is 414 g/mol. The van der Waals surface area contributed by atoms with Crippen LogP contribution in [0.25, 0.3) is 0 Å². The largest absolute Gasteiger partial charge is 0.446 e. The molecule has 3 rings (SSSR count). The maximum Gasteiger partial charge on any atom is 0.332 e. The summed E-state index contributed by atoms with van der Waals surface area (Å²) in [4.78, 5) is 4.17. The Labute approximate surface area is 167 Å². The molecule has 1 unspecified atom stereocenters. The minimum atomic E-state index is -0.568. The zero-order valence-electron chi connectivity index (χ0n) is 15.2. The molecular formula is C17H26BNO6PS. The highest BCUT2D eigenvalue weighted by Gasteiger charge is 2.32. The summed E-state index contributed by atoms with van der Waals surface area (Å²) in [5.74, 6) is 0.256. The number of nitrogens with zero attached hydrogens (tertiary/aromatic N) is 1. The van der Waals surface area contributed by atoms with Gasteiger partial charge in [0.1, 0.15) is 18.6 Å². The molecule has 2 fully saturated rings. The fourth-order valence-electron chi connectivity index (χ4n) is 3.42. The van der Waals surface area contributed by atoms with Gasteiger partial charge in [-0.05, 0) is 25.7 Å². The summed E-state index contributed by atoms with van der Waals surface area (Å²) in [6, 6.07) is 0. The van der Waals surface area contributed by atoms with Gasteiger partial charge in [0.15, 0.2) is 0 Å². The lowest BCUT2D eigenvalue weighted by Crippen LogP contribution is -2.35. The normalized spacial score (nSPS) is 29.5. The second-order valence-electron chi connectivity index (χ2n) is 6.75. The van der Waals surface area contributed by atoms with Gasteiger partial charge in [0, 0.05) is 13.0 Å². The second kappa shape index (κ2) is 11.0. The quantitative estimate of drug-likeness (QED) is 0.211. The van der Waals surface area contributed by atoms with Crippen LogP contribution >= 0.6 is 19.9 Å². The summed E-state index contributed by atoms with van der Waals surface area (Å²) in [5, 5.41) is 9.08. The minimum absolute atomic E-state index is 0.0181. The molecule has 0 amide bonds. The molecule has 0 aromatic carbocycles. The summed E-state index contributed by atoms with van der Waals surface area (Å²) in [6.07, 6.45) is 5.29. The summed E-state index contributed by atoms with van der Waals surface area (Å²) >= 11 is 4.12. The van der Waals surface area contributed by atoms with Gasteiger partial charge in [-0.2, -0.15) is 12.2 Å². The van der Waals surface area contributed by atoms with Crippen LogP contribution in [0.2, 0.25) is 0 Å². The van der Waals surface area contributed by atoms with Crippen molar-refractivity contribution in [3.8, 4) is 0 Å². The molecule has 1 aromatic heterocycles. The van der Waals surface area contributed by atoms with Crippen molar-refractivity contribution in [2.24, 2.45) is 0 Å². The Morgan fingerprint density at radius 2 is 2.19 bits per heavy atom. The highest BCUT2D eigenvalue weighted by molar-refractivity contribution is 8.46. The molecule has 2 aliphatic heterocycles. The number of hydrogen-bond donors (Lipinski definition) is 2. The number of hydrogen-bond acceptors (Lipinski definition) is 8. The average Bonchev–Trinajstić information content (AvgIpc) is 3.14. The van der Waals surface area contributed by atoms with Crippen LogP contribution in [0.3, 0.4) is 0 Å². The number of aliphatic hydroxyl groups is 1. The van der Waals surface area contributed by atoms with E-state index in [1.54, 1.807) is 7.20 Å². The van der Waals surface area contributed by atoms with E-state index in [2.05, 4.69) is 23.8 Å². The van der Waals surface area contributed by atoms with Crippen molar-refractivity contribution >= 4 is 27.1 Å². The molecule has 0 saturated carbocycles. The first-order chi connectivity index (χ1) is 13.2. The molecule has 1 N–H and O–H groups in total. The molecule has 1 radical (unpaired) electrons. The van der Waals surface area contributed by atoms with Gasteiger partial charge in [-0.25, -0.2) is 4.98 Å². The number of ether oxygens (including phenoxy) is 3. The van der Waals surface area contributed by atoms with E-state index in [9.17, 15) is 0 Å². The Balaban J connectivity index is 1.48. The Kier molecular flexibility index (Phi) is 8.64. The highest BCUT2D eigenvalue weighted by atomic mass is 32.7. The summed E-state index contributed by atoms with van der Waals surface area (Å²) in [6.45, 7) is 5.15. The number of aromatic nitrogens is 1. The molecule has 27 heavy (non-hydrogen) atoms. The molecule has 3 heterocycles. The third-order valence-corrected chi connectivity index (χ3v) is 5.20. The first-order valence-electron chi connectivity index (χ1n) is 9.15. The summed E-state index contributed by atoms with van der Waals surface area (Å²) in [7, 11) is 2.11. The Bertz CT molecular complexity index is 606. The lowest BCUT2D eigenvalue weighted by Gasteiger charge is -2.36. The fraction of sp³-hybridized carbons (Fsp3) is 0.706. The van der Waals surface area contributed by atoms with Crippen LogP contribution in [0.4, 0.5) is 0 Å². The van der Waals surface area contributed by atoms with Gasteiger partial charge in [0.25, 0.3) is 0 Å². The van der Waals surface area contributed by atoms with Crippen molar-refractivity contribution in [1.82, 2.24) is 4.98 Å². The van der Waals surface area contributed by atoms with E-state index in [0.29, 0.717) is 26.6 Å². The smallest absolute Gasteiger partial charge is 0.332 e. The van der Waals surface area contributed by atoms with E-state index < -0.39 is 6.29 Å². The number of oxazole rings is 1. The van der Waals surface area contributed by atoms with Crippen LogP contribution in [0.5, 0.6) is 0 Å². The highest BCUT2D eigenvalue weighted by Crippen LogP contribution is 2.32. The molecule has 2 saturated heterocycles. The van der Waals surface area contributed by atoms with E-state index >= 15 is 0 Å². The van der Waals surface area contributed by atoms with Crippen molar-refractivity contribution in [3.63, 3.8) is 0 Å². The Morgan fingerprint density at radius 3 is 2.96 bits per heavy atom. The standard InChI is InChI=1S/C17H26BNO6PS/c1-11-6-12(3-5-23-18-26-27)24-14(7-11)8-13-2-4-21-17(25-13)15-10-22-16(9-20)19-15/h10,12-14,17,20,26-27H,1-9H2/t12-,13-,14+,17-/m0/s1. The third kappa shape index (κ3) is 6.56. The van der Waals surface area contributed by atoms with Crippen LogP contribution in [0.1, 0.15) is 50.0 Å². The molecule has 2 aliphatic rings. The topological polar surface area (TPSA) is 83.2 Å². The zero-order chi connectivity index (χ0) is 19.1. The predicted molar refractivity (Wildman–Crippen MR) is 106 cm³/mol. The van der Waals surface area contributed by atoms with Gasteiger partial charge >= 0.3 is 7.20 Å². The van der Waals surface area contributed by atoms with Gasteiger partial charge in [0.05, 0.1) is 24.9 Å². The zero-order valence-corrected chi connectivity index (χ0v) is 17.1. The minimum Gasteiger partial charge on any atom is -0.446 e. The molecule has 149 valence electrons. The molecule has 10 heteroatoms. The Morgan fingerprint density at radius 1 is 1.33 bits per heavy atom. The third-order valence-electron chi connectivity index (χ3n) is 4.61. The first-order valence-corrected chi connectivity index (χ1v) is 11.5. The molecule has 1 aromatic rings. The molecule has 7 nitrogen and oxygen atoms in total. The number of aliphatic hydroxyl groups excluding tert-OH is 1. The number of thiol groups is 1. The van der Waals surface area contributed by atoms with Crippen LogP contribution in [0.15, 0.2) is 22.8 Å². The lowest BCUT2D eigenvalue weighted by molar-refractivity contribution is -0.227. The van der Waals surface area contributed by atoms with Gasteiger partial charge in [-0.15, -0.1) is 0 Å². The van der Waals surface area contributed by atoms with Gasteiger partial charge in [0.2, 0.25) is 12.2 Å². The van der Waals surface area contributed by atoms with Crippen molar-refractivity contribution < 1.29 is 28.4 Å². The molecule has 0 spiro atoms. The fourth-order valence-corrected chi connectivity index (χ4v) is 3.83. The van der Waals surface area contributed by atoms with Crippen molar-refractivity contribution in [1.29, 1.82) is 0 Å². The molecule has 5 atom stereocenters. The summed E-state index contributed by atoms with van der Waals surface area (Å²) in [5.41, 5.74) is 1.76. The summed E-state index contributed by atoms with van der Waals surface area (Å²) < 4.78 is 28.5. The first kappa shape index (κ1) is 21.3. The van der Waals surface area contributed by atoms with Crippen molar-refractivity contribution in [2.45, 2.75) is 63.3 Å². The Hall–Kier alpha value is -0.405. The van der Waals surface area contributed by atoms with Crippen LogP contribution in [-0.2, 0) is 25.5 Å². The van der Waals surface area contributed by atoms with Gasteiger partial charge in [-0.3, -0.25) is 0 Å². The van der Waals surface area contributed by atoms with Crippen molar-refractivity contribution in [2.75, 3.05) is 13.2 Å². The van der Waals surface area contributed by atoms with E-state index in [-0.39, 0.29) is 30.8 Å². The molecular weight excluding hydrogens is 388 g/mol. The molecule has 0 bridgehead atoms.